The van der Waals surface area contributed by atoms with Gasteiger partial charge in [-0.3, -0.25) is 14.7 Å². The maximum atomic E-state index is 12.4. The SMILES string of the molecule is Cc1cc(S(N)(=O)=O)sc1C(=O)Nc1nnc(C)n1C1CC1. The zero-order chi connectivity index (χ0) is 16.1. The number of amides is 1. The summed E-state index contributed by atoms with van der Waals surface area (Å²) in [4.78, 5) is 12.7. The van der Waals surface area contributed by atoms with Gasteiger partial charge in [0, 0.05) is 6.04 Å². The van der Waals surface area contributed by atoms with Gasteiger partial charge in [-0.25, -0.2) is 13.6 Å². The lowest BCUT2D eigenvalue weighted by Gasteiger charge is -2.07. The summed E-state index contributed by atoms with van der Waals surface area (Å²) in [5.74, 6) is 0.715. The van der Waals surface area contributed by atoms with Crippen molar-refractivity contribution in [3.8, 4) is 0 Å². The number of nitrogens with zero attached hydrogens (tertiary/aromatic N) is 3. The van der Waals surface area contributed by atoms with Gasteiger partial charge in [0.05, 0.1) is 4.88 Å². The number of hydrogen-bond donors (Lipinski definition) is 2. The minimum absolute atomic E-state index is 0.0324. The Bertz CT molecular complexity index is 848. The van der Waals surface area contributed by atoms with Crippen molar-refractivity contribution in [2.45, 2.75) is 36.9 Å². The number of nitrogens with one attached hydrogen (secondary N) is 1. The fourth-order valence-electron chi connectivity index (χ4n) is 2.20. The number of nitrogens with two attached hydrogens (primary N) is 1. The van der Waals surface area contributed by atoms with Crippen LogP contribution in [0.3, 0.4) is 0 Å². The number of carbonyl (C=O) groups excluding carboxylic acids is 1. The Balaban J connectivity index is 1.88. The lowest BCUT2D eigenvalue weighted by Crippen LogP contribution is -2.16. The summed E-state index contributed by atoms with van der Waals surface area (Å²) in [5.41, 5.74) is 0.556. The Morgan fingerprint density at radius 2 is 2.09 bits per heavy atom. The molecule has 0 aliphatic heterocycles. The van der Waals surface area contributed by atoms with Crippen molar-refractivity contribution in [1.82, 2.24) is 14.8 Å². The molecule has 1 fully saturated rings. The van der Waals surface area contributed by atoms with E-state index in [0.717, 1.165) is 30.0 Å². The molecule has 1 aliphatic carbocycles. The normalized spacial score (nSPS) is 15.0. The summed E-state index contributed by atoms with van der Waals surface area (Å²) >= 11 is 0.848. The summed E-state index contributed by atoms with van der Waals surface area (Å²) in [7, 11) is -3.81. The van der Waals surface area contributed by atoms with Crippen molar-refractivity contribution in [3.05, 3.63) is 22.3 Å². The zero-order valence-electron chi connectivity index (χ0n) is 12.0. The van der Waals surface area contributed by atoms with Crippen LogP contribution >= 0.6 is 11.3 Å². The second kappa shape index (κ2) is 5.14. The molecule has 2 aromatic rings. The second-order valence-electron chi connectivity index (χ2n) is 5.25. The van der Waals surface area contributed by atoms with Gasteiger partial charge in [0.2, 0.25) is 16.0 Å². The molecule has 1 saturated carbocycles. The highest BCUT2D eigenvalue weighted by Gasteiger charge is 2.29. The van der Waals surface area contributed by atoms with Crippen LogP contribution in [0.2, 0.25) is 0 Å². The van der Waals surface area contributed by atoms with Crippen molar-refractivity contribution >= 4 is 33.2 Å². The van der Waals surface area contributed by atoms with E-state index in [1.807, 2.05) is 11.5 Å². The molecule has 0 unspecified atom stereocenters. The Morgan fingerprint density at radius 3 is 2.64 bits per heavy atom. The van der Waals surface area contributed by atoms with Crippen LogP contribution in [0, 0.1) is 13.8 Å². The predicted octanol–water partition coefficient (Wildman–Crippen LogP) is 1.19. The molecule has 3 N–H and O–H groups in total. The van der Waals surface area contributed by atoms with E-state index < -0.39 is 15.9 Å². The number of aryl methyl sites for hydroxylation is 2. The highest BCUT2D eigenvalue weighted by Crippen LogP contribution is 2.38. The second-order valence-corrected chi connectivity index (χ2v) is 8.09. The molecular formula is C12H15N5O3S2. The van der Waals surface area contributed by atoms with Crippen molar-refractivity contribution in [3.63, 3.8) is 0 Å². The first kappa shape index (κ1) is 15.1. The minimum Gasteiger partial charge on any atom is -0.294 e. The number of primary sulfonamides is 1. The van der Waals surface area contributed by atoms with Gasteiger partial charge in [-0.1, -0.05) is 0 Å². The Hall–Kier alpha value is -1.78. The largest absolute Gasteiger partial charge is 0.294 e. The van der Waals surface area contributed by atoms with Gasteiger partial charge in [-0.15, -0.1) is 21.5 Å². The number of sulfonamides is 1. The van der Waals surface area contributed by atoms with Crippen LogP contribution in [0.15, 0.2) is 10.3 Å². The van der Waals surface area contributed by atoms with Gasteiger partial charge in [-0.05, 0) is 38.3 Å². The number of carbonyl (C=O) groups is 1. The molecule has 2 heterocycles. The maximum Gasteiger partial charge on any atom is 0.268 e. The molecule has 0 bridgehead atoms. The lowest BCUT2D eigenvalue weighted by molar-refractivity contribution is 0.102. The van der Waals surface area contributed by atoms with Crippen LogP contribution in [-0.4, -0.2) is 29.1 Å². The zero-order valence-corrected chi connectivity index (χ0v) is 13.7. The standard InChI is InChI=1S/C12H15N5O3S2/c1-6-5-9(22(13,19)20)21-10(6)11(18)14-12-16-15-7(2)17(12)8-3-4-8/h5,8H,3-4H2,1-2H3,(H2,13,19,20)(H,14,16,18). The van der Waals surface area contributed by atoms with E-state index in [1.54, 1.807) is 6.92 Å². The van der Waals surface area contributed by atoms with E-state index in [-0.39, 0.29) is 4.21 Å². The Labute approximate surface area is 131 Å². The molecule has 8 nitrogen and oxygen atoms in total. The smallest absolute Gasteiger partial charge is 0.268 e. The van der Waals surface area contributed by atoms with E-state index >= 15 is 0 Å². The Kier molecular flexibility index (Phi) is 3.54. The number of rotatable bonds is 4. The van der Waals surface area contributed by atoms with E-state index in [9.17, 15) is 13.2 Å². The molecule has 2 aromatic heterocycles. The molecule has 0 radical (unpaired) electrons. The van der Waals surface area contributed by atoms with Crippen molar-refractivity contribution in [1.29, 1.82) is 0 Å². The lowest BCUT2D eigenvalue weighted by atomic mass is 10.3. The molecule has 22 heavy (non-hydrogen) atoms. The van der Waals surface area contributed by atoms with Gasteiger partial charge in [0.1, 0.15) is 10.0 Å². The summed E-state index contributed by atoms with van der Waals surface area (Å²) < 4.78 is 24.6. The van der Waals surface area contributed by atoms with E-state index in [2.05, 4.69) is 15.5 Å². The molecule has 0 saturated heterocycles. The van der Waals surface area contributed by atoms with Crippen molar-refractivity contribution in [2.24, 2.45) is 5.14 Å². The summed E-state index contributed by atoms with van der Waals surface area (Å²) in [6.45, 7) is 3.49. The fraction of sp³-hybridized carbons (Fsp3) is 0.417. The van der Waals surface area contributed by atoms with E-state index in [4.69, 9.17) is 5.14 Å². The minimum atomic E-state index is -3.81. The monoisotopic (exact) mass is 341 g/mol. The maximum absolute atomic E-state index is 12.4. The van der Waals surface area contributed by atoms with Crippen LogP contribution < -0.4 is 10.5 Å². The molecule has 118 valence electrons. The quantitative estimate of drug-likeness (QED) is 0.865. The van der Waals surface area contributed by atoms with Crippen LogP contribution in [0.5, 0.6) is 0 Å². The first-order chi connectivity index (χ1) is 10.3. The van der Waals surface area contributed by atoms with Crippen LogP contribution in [0.4, 0.5) is 5.95 Å². The van der Waals surface area contributed by atoms with Crippen molar-refractivity contribution in [2.75, 3.05) is 5.32 Å². The average Bonchev–Trinajstić information content (AvgIpc) is 3.06. The molecule has 0 aromatic carbocycles. The van der Waals surface area contributed by atoms with Gasteiger partial charge < -0.3 is 0 Å². The first-order valence-corrected chi connectivity index (χ1v) is 8.99. The van der Waals surface area contributed by atoms with Crippen LogP contribution in [-0.2, 0) is 10.0 Å². The third kappa shape index (κ3) is 2.76. The molecule has 10 heteroatoms. The van der Waals surface area contributed by atoms with Gasteiger partial charge in [0.25, 0.3) is 5.91 Å². The number of hydrogen-bond acceptors (Lipinski definition) is 6. The third-order valence-corrected chi connectivity index (χ3v) is 6.04. The molecule has 1 amide bonds. The summed E-state index contributed by atoms with van der Waals surface area (Å²) in [6, 6.07) is 1.72. The third-order valence-electron chi connectivity index (χ3n) is 3.39. The molecule has 0 spiro atoms. The first-order valence-electron chi connectivity index (χ1n) is 6.63. The number of aromatic nitrogens is 3. The molecule has 0 atom stereocenters. The number of thiophene rings is 1. The van der Waals surface area contributed by atoms with Crippen LogP contribution in [0.25, 0.3) is 0 Å². The molecule has 1 aliphatic rings. The topological polar surface area (TPSA) is 120 Å². The van der Waals surface area contributed by atoms with Gasteiger partial charge in [-0.2, -0.15) is 0 Å². The predicted molar refractivity (Wildman–Crippen MR) is 81.4 cm³/mol. The van der Waals surface area contributed by atoms with E-state index in [1.165, 1.54) is 6.07 Å². The Morgan fingerprint density at radius 1 is 1.41 bits per heavy atom. The van der Waals surface area contributed by atoms with Crippen molar-refractivity contribution < 1.29 is 13.2 Å². The van der Waals surface area contributed by atoms with Gasteiger partial charge >= 0.3 is 0 Å². The highest BCUT2D eigenvalue weighted by molar-refractivity contribution is 7.91. The number of anilines is 1. The summed E-state index contributed by atoms with van der Waals surface area (Å²) in [5, 5.41) is 15.7. The highest BCUT2D eigenvalue weighted by atomic mass is 32.2. The van der Waals surface area contributed by atoms with E-state index in [0.29, 0.717) is 22.4 Å². The average molecular weight is 341 g/mol. The van der Waals surface area contributed by atoms with Gasteiger partial charge in [0.15, 0.2) is 0 Å². The summed E-state index contributed by atoms with van der Waals surface area (Å²) in [6.07, 6.45) is 2.07. The molecule has 3 rings (SSSR count). The van der Waals surface area contributed by atoms with Crippen LogP contribution in [0.1, 0.15) is 39.9 Å². The fourth-order valence-corrected chi connectivity index (χ4v) is 4.06. The molecular weight excluding hydrogens is 326 g/mol.